The van der Waals surface area contributed by atoms with Crippen molar-refractivity contribution in [3.63, 3.8) is 0 Å². The number of carbonyl (C=O) groups is 2. The van der Waals surface area contributed by atoms with Crippen LogP contribution in [0.4, 0.5) is 17.6 Å². The van der Waals surface area contributed by atoms with Crippen molar-refractivity contribution in [2.75, 3.05) is 22.9 Å². The van der Waals surface area contributed by atoms with Gasteiger partial charge in [-0.2, -0.15) is 15.0 Å². The molecule has 4 N–H and O–H groups in total. The van der Waals surface area contributed by atoms with Crippen LogP contribution >= 0.6 is 0 Å². The van der Waals surface area contributed by atoms with Crippen molar-refractivity contribution in [1.29, 1.82) is 0 Å². The summed E-state index contributed by atoms with van der Waals surface area (Å²) in [6.45, 7) is 1.23. The number of nitrogens with zero attached hydrogens (tertiary/aromatic N) is 4. The lowest BCUT2D eigenvalue weighted by Crippen LogP contribution is -2.47. The number of hydrogen-bond acceptors (Lipinski definition) is 9. The van der Waals surface area contributed by atoms with Gasteiger partial charge in [0.2, 0.25) is 23.9 Å². The van der Waals surface area contributed by atoms with Gasteiger partial charge in [-0.05, 0) is 12.1 Å². The molecule has 3 rings (SSSR count). The van der Waals surface area contributed by atoms with Crippen molar-refractivity contribution in [2.45, 2.75) is 19.6 Å². The first-order valence-corrected chi connectivity index (χ1v) is 7.40. The average Bonchev–Trinajstić information content (AvgIpc) is 2.57. The number of nitrogen functional groups attached to an aromatic ring is 2. The predicted molar refractivity (Wildman–Crippen MR) is 87.3 cm³/mol. The van der Waals surface area contributed by atoms with E-state index in [1.54, 1.807) is 24.3 Å². The lowest BCUT2D eigenvalue weighted by molar-refractivity contribution is -0.153. The van der Waals surface area contributed by atoms with Gasteiger partial charge in [0.05, 0.1) is 12.2 Å². The molecule has 10 heteroatoms. The van der Waals surface area contributed by atoms with E-state index in [1.165, 1.54) is 11.8 Å². The van der Waals surface area contributed by atoms with E-state index in [1.807, 2.05) is 0 Å². The lowest BCUT2D eigenvalue weighted by Gasteiger charge is -2.33. The highest BCUT2D eigenvalue weighted by Gasteiger charge is 2.33. The molecule has 0 unspecified atom stereocenters. The van der Waals surface area contributed by atoms with E-state index >= 15 is 0 Å². The first-order valence-electron chi connectivity index (χ1n) is 7.40. The Balaban J connectivity index is 1.71. The molecule has 1 aliphatic heterocycles. The zero-order valence-corrected chi connectivity index (χ0v) is 13.4. The Morgan fingerprint density at radius 2 is 1.92 bits per heavy atom. The molecule has 1 amide bonds. The summed E-state index contributed by atoms with van der Waals surface area (Å²) >= 11 is 0. The number of para-hydroxylation sites is 2. The minimum atomic E-state index is -0.963. The number of carbonyl (C=O) groups excluding carboxylic acids is 2. The van der Waals surface area contributed by atoms with Crippen LogP contribution in [0.5, 0.6) is 5.75 Å². The van der Waals surface area contributed by atoms with Gasteiger partial charge in [0.1, 0.15) is 5.75 Å². The van der Waals surface area contributed by atoms with Crippen LogP contribution < -0.4 is 21.1 Å². The molecule has 0 saturated heterocycles. The van der Waals surface area contributed by atoms with Crippen LogP contribution in [0.2, 0.25) is 0 Å². The molecule has 0 saturated carbocycles. The number of hydrogen-bond donors (Lipinski definition) is 2. The van der Waals surface area contributed by atoms with Crippen LogP contribution in [0, 0.1) is 0 Å². The zero-order valence-electron chi connectivity index (χ0n) is 13.4. The minimum Gasteiger partial charge on any atom is -0.475 e. The molecule has 2 heterocycles. The third-order valence-corrected chi connectivity index (χ3v) is 3.48. The Kier molecular flexibility index (Phi) is 4.33. The van der Waals surface area contributed by atoms with Crippen molar-refractivity contribution in [1.82, 2.24) is 15.0 Å². The first kappa shape index (κ1) is 16.4. The van der Waals surface area contributed by atoms with Gasteiger partial charge in [-0.3, -0.25) is 4.79 Å². The second-order valence-corrected chi connectivity index (χ2v) is 5.28. The maximum atomic E-state index is 12.3. The number of aromatic nitrogens is 3. The summed E-state index contributed by atoms with van der Waals surface area (Å²) in [5, 5.41) is 0. The van der Waals surface area contributed by atoms with Crippen LogP contribution in [-0.2, 0) is 20.9 Å². The number of nitrogens with two attached hydrogens (primary N) is 2. The molecule has 1 aromatic carbocycles. The number of anilines is 3. The Morgan fingerprint density at radius 1 is 1.24 bits per heavy atom. The smallest absolute Gasteiger partial charge is 0.349 e. The molecular weight excluding hydrogens is 328 g/mol. The number of esters is 1. The summed E-state index contributed by atoms with van der Waals surface area (Å²) in [6, 6.07) is 6.96. The minimum absolute atomic E-state index is 0.0483. The van der Waals surface area contributed by atoms with Crippen LogP contribution in [0.15, 0.2) is 24.3 Å². The summed E-state index contributed by atoms with van der Waals surface area (Å²) in [7, 11) is 0. The van der Waals surface area contributed by atoms with Crippen molar-refractivity contribution >= 4 is 29.5 Å². The number of fused-ring (bicyclic) bond motifs is 1. The average molecular weight is 344 g/mol. The Labute approximate surface area is 142 Å². The topological polar surface area (TPSA) is 147 Å². The highest BCUT2D eigenvalue weighted by atomic mass is 16.6. The van der Waals surface area contributed by atoms with Gasteiger partial charge >= 0.3 is 5.97 Å². The molecule has 130 valence electrons. The van der Waals surface area contributed by atoms with E-state index in [2.05, 4.69) is 15.0 Å². The fourth-order valence-corrected chi connectivity index (χ4v) is 2.41. The zero-order chi connectivity index (χ0) is 18.0. The van der Waals surface area contributed by atoms with E-state index in [9.17, 15) is 9.59 Å². The van der Waals surface area contributed by atoms with Gasteiger partial charge in [0, 0.05) is 6.92 Å². The standard InChI is InChI=1S/C15H16N6O4/c1-8(22)21-6-11(25-10-5-3-2-4-9(10)21)13(23)24-7-12-18-14(16)20-15(17)19-12/h2-5,11H,6-7H2,1H3,(H4,16,17,18,19,20)/t11-/m1/s1. The summed E-state index contributed by atoms with van der Waals surface area (Å²) in [5.74, 6) is -0.435. The second kappa shape index (κ2) is 6.59. The normalized spacial score (nSPS) is 15.9. The van der Waals surface area contributed by atoms with Crippen molar-refractivity contribution in [3.05, 3.63) is 30.1 Å². The number of amides is 1. The van der Waals surface area contributed by atoms with E-state index < -0.39 is 12.1 Å². The maximum absolute atomic E-state index is 12.3. The molecule has 1 atom stereocenters. The third-order valence-electron chi connectivity index (χ3n) is 3.48. The Morgan fingerprint density at radius 3 is 2.60 bits per heavy atom. The summed E-state index contributed by atoms with van der Waals surface area (Å²) in [6.07, 6.45) is -0.963. The highest BCUT2D eigenvalue weighted by molar-refractivity contribution is 5.95. The molecule has 2 aromatic rings. The third kappa shape index (κ3) is 3.57. The number of ether oxygens (including phenoxy) is 2. The van der Waals surface area contributed by atoms with Gasteiger partial charge in [0.15, 0.2) is 12.4 Å². The molecule has 25 heavy (non-hydrogen) atoms. The number of rotatable bonds is 3. The molecule has 10 nitrogen and oxygen atoms in total. The van der Waals surface area contributed by atoms with Gasteiger partial charge in [-0.15, -0.1) is 0 Å². The number of benzene rings is 1. The van der Waals surface area contributed by atoms with E-state index in [-0.39, 0.29) is 36.8 Å². The van der Waals surface area contributed by atoms with E-state index in [0.717, 1.165) is 0 Å². The Hall–Kier alpha value is -3.43. The van der Waals surface area contributed by atoms with Crippen molar-refractivity contribution in [2.24, 2.45) is 0 Å². The second-order valence-electron chi connectivity index (χ2n) is 5.28. The monoisotopic (exact) mass is 344 g/mol. The van der Waals surface area contributed by atoms with E-state index in [0.29, 0.717) is 11.4 Å². The van der Waals surface area contributed by atoms with Crippen molar-refractivity contribution < 1.29 is 19.1 Å². The van der Waals surface area contributed by atoms with Gasteiger partial charge in [0.25, 0.3) is 0 Å². The molecule has 0 aliphatic carbocycles. The Bertz CT molecular complexity index is 807. The van der Waals surface area contributed by atoms with Crippen LogP contribution in [0.3, 0.4) is 0 Å². The molecule has 0 radical (unpaired) electrons. The summed E-state index contributed by atoms with van der Waals surface area (Å²) in [4.78, 5) is 36.9. The summed E-state index contributed by atoms with van der Waals surface area (Å²) in [5.41, 5.74) is 11.5. The van der Waals surface area contributed by atoms with Crippen LogP contribution in [0.1, 0.15) is 12.7 Å². The van der Waals surface area contributed by atoms with Crippen LogP contribution in [0.25, 0.3) is 0 Å². The largest absolute Gasteiger partial charge is 0.475 e. The SMILES string of the molecule is CC(=O)N1C[C@H](C(=O)OCc2nc(N)nc(N)n2)Oc2ccccc21. The molecule has 1 aromatic heterocycles. The molecule has 0 fully saturated rings. The van der Waals surface area contributed by atoms with Gasteiger partial charge < -0.3 is 25.8 Å². The first-order chi connectivity index (χ1) is 11.9. The maximum Gasteiger partial charge on any atom is 0.349 e. The van der Waals surface area contributed by atoms with Gasteiger partial charge in [-0.25, -0.2) is 4.79 Å². The van der Waals surface area contributed by atoms with Crippen LogP contribution in [-0.4, -0.2) is 39.5 Å². The summed E-state index contributed by atoms with van der Waals surface area (Å²) < 4.78 is 10.8. The molecule has 0 spiro atoms. The van der Waals surface area contributed by atoms with E-state index in [4.69, 9.17) is 20.9 Å². The van der Waals surface area contributed by atoms with Gasteiger partial charge in [-0.1, -0.05) is 12.1 Å². The highest BCUT2D eigenvalue weighted by Crippen LogP contribution is 2.33. The molecule has 0 bridgehead atoms. The fourth-order valence-electron chi connectivity index (χ4n) is 2.41. The lowest BCUT2D eigenvalue weighted by atomic mass is 10.2. The quantitative estimate of drug-likeness (QED) is 0.728. The van der Waals surface area contributed by atoms with Crippen molar-refractivity contribution in [3.8, 4) is 5.75 Å². The molecule has 1 aliphatic rings. The molecular formula is C15H16N6O4. The predicted octanol–water partition coefficient (Wildman–Crippen LogP) is -0.107. The fraction of sp³-hybridized carbons (Fsp3) is 0.267.